The van der Waals surface area contributed by atoms with Gasteiger partial charge in [-0.1, -0.05) is 0 Å². The van der Waals surface area contributed by atoms with Gasteiger partial charge in [-0.2, -0.15) is 0 Å². The number of aliphatic imine (C=N–C) groups is 1. The van der Waals surface area contributed by atoms with Gasteiger partial charge >= 0.3 is 0 Å². The van der Waals surface area contributed by atoms with Crippen molar-refractivity contribution >= 4 is 12.1 Å². The van der Waals surface area contributed by atoms with Crippen LogP contribution in [0, 0.1) is 0 Å². The molecular formula is C10H16N2O. The van der Waals surface area contributed by atoms with Crippen LogP contribution in [0.3, 0.4) is 0 Å². The number of amidine groups is 1. The zero-order valence-electron chi connectivity index (χ0n) is 8.29. The topological polar surface area (TPSA) is 32.7 Å². The van der Waals surface area contributed by atoms with Crippen LogP contribution in [-0.4, -0.2) is 30.6 Å². The predicted molar refractivity (Wildman–Crippen MR) is 53.7 cm³/mol. The Morgan fingerprint density at radius 1 is 1.54 bits per heavy atom. The average Bonchev–Trinajstić information content (AvgIpc) is 2.09. The number of rotatable bonds is 2. The van der Waals surface area contributed by atoms with Crippen LogP contribution in [-0.2, 0) is 4.79 Å². The first-order chi connectivity index (χ1) is 6.24. The maximum Gasteiger partial charge on any atom is 0.144 e. The molecule has 0 saturated carbocycles. The first kappa shape index (κ1) is 9.96. The molecule has 72 valence electrons. The van der Waals surface area contributed by atoms with E-state index < -0.39 is 0 Å². The largest absolute Gasteiger partial charge is 0.363 e. The van der Waals surface area contributed by atoms with Crippen LogP contribution in [0.1, 0.15) is 26.2 Å². The number of likely N-dealkylation sites (tertiary alicyclic amines) is 1. The van der Waals surface area contributed by atoms with Gasteiger partial charge in [-0.15, -0.1) is 0 Å². The maximum absolute atomic E-state index is 10.2. The number of hydrogen-bond acceptors (Lipinski definition) is 2. The molecule has 0 N–H and O–H groups in total. The highest BCUT2D eigenvalue weighted by molar-refractivity contribution is 5.84. The van der Waals surface area contributed by atoms with E-state index in [9.17, 15) is 4.79 Å². The molecule has 0 aromatic carbocycles. The first-order valence-corrected chi connectivity index (χ1v) is 4.65. The molecule has 0 aromatic rings. The summed E-state index contributed by atoms with van der Waals surface area (Å²) in [6.45, 7) is 2.93. The van der Waals surface area contributed by atoms with Gasteiger partial charge < -0.3 is 4.90 Å². The molecule has 0 aromatic heterocycles. The van der Waals surface area contributed by atoms with Crippen molar-refractivity contribution < 1.29 is 4.79 Å². The number of carbonyl (C=O) groups excluding carboxylic acids is 1. The molecule has 13 heavy (non-hydrogen) atoms. The van der Waals surface area contributed by atoms with Crippen molar-refractivity contribution in [2.75, 3.05) is 13.6 Å². The Hall–Kier alpha value is -1.12. The Balaban J connectivity index is 2.67. The first-order valence-electron chi connectivity index (χ1n) is 4.65. The second-order valence-corrected chi connectivity index (χ2v) is 3.35. The van der Waals surface area contributed by atoms with E-state index in [1.807, 2.05) is 14.0 Å². The summed E-state index contributed by atoms with van der Waals surface area (Å²) < 4.78 is 0. The van der Waals surface area contributed by atoms with Gasteiger partial charge in [0.2, 0.25) is 0 Å². The van der Waals surface area contributed by atoms with Gasteiger partial charge in [0.15, 0.2) is 0 Å². The van der Waals surface area contributed by atoms with Crippen LogP contribution >= 0.6 is 0 Å². The molecule has 0 unspecified atom stereocenters. The fourth-order valence-corrected chi connectivity index (χ4v) is 1.43. The number of carbonyl (C=O) groups is 1. The minimum atomic E-state index is 0.780. The van der Waals surface area contributed by atoms with Gasteiger partial charge in [0.1, 0.15) is 12.1 Å². The van der Waals surface area contributed by atoms with Gasteiger partial charge in [0.05, 0.1) is 0 Å². The van der Waals surface area contributed by atoms with Gasteiger partial charge in [-0.25, -0.2) is 4.99 Å². The van der Waals surface area contributed by atoms with Crippen LogP contribution in [0.5, 0.6) is 0 Å². The summed E-state index contributed by atoms with van der Waals surface area (Å²) in [5.41, 5.74) is 0.791. The Morgan fingerprint density at radius 3 is 2.92 bits per heavy atom. The van der Waals surface area contributed by atoms with E-state index in [4.69, 9.17) is 0 Å². The third-order valence-electron chi connectivity index (χ3n) is 2.20. The normalized spacial score (nSPS) is 22.2. The van der Waals surface area contributed by atoms with Crippen molar-refractivity contribution in [3.05, 3.63) is 11.8 Å². The summed E-state index contributed by atoms with van der Waals surface area (Å²) in [6.07, 6.45) is 5.75. The Bertz CT molecular complexity index is 243. The van der Waals surface area contributed by atoms with Crippen molar-refractivity contribution in [3.8, 4) is 0 Å². The summed E-state index contributed by atoms with van der Waals surface area (Å²) in [4.78, 5) is 16.7. The number of aldehydes is 1. The molecule has 0 aliphatic carbocycles. The van der Waals surface area contributed by atoms with E-state index in [0.29, 0.717) is 0 Å². The average molecular weight is 180 g/mol. The molecule has 0 bridgehead atoms. The molecular weight excluding hydrogens is 164 g/mol. The van der Waals surface area contributed by atoms with E-state index in [-0.39, 0.29) is 0 Å². The van der Waals surface area contributed by atoms with E-state index in [2.05, 4.69) is 9.89 Å². The van der Waals surface area contributed by atoms with Crippen LogP contribution in [0.15, 0.2) is 16.8 Å². The summed E-state index contributed by atoms with van der Waals surface area (Å²) in [5, 5.41) is 0. The molecule has 1 aliphatic rings. The standard InChI is InChI=1S/C10H16N2O/c1-9(6-8-13)11-10-5-3-4-7-12(10)2/h6,8H,3-5,7H2,1-2H3/b9-6-,11-10?. The molecule has 0 amide bonds. The summed E-state index contributed by atoms with van der Waals surface area (Å²) in [5.74, 6) is 1.10. The smallest absolute Gasteiger partial charge is 0.144 e. The van der Waals surface area contributed by atoms with Crippen molar-refractivity contribution in [2.24, 2.45) is 4.99 Å². The molecule has 1 fully saturated rings. The molecule has 3 heteroatoms. The Morgan fingerprint density at radius 2 is 2.31 bits per heavy atom. The highest BCUT2D eigenvalue weighted by Crippen LogP contribution is 2.11. The SMILES string of the molecule is C/C(=C/C=O)N=C1CCCCN1C. The minimum absolute atomic E-state index is 0.780. The zero-order valence-corrected chi connectivity index (χ0v) is 8.29. The maximum atomic E-state index is 10.2. The van der Waals surface area contributed by atoms with Crippen molar-refractivity contribution in [2.45, 2.75) is 26.2 Å². The van der Waals surface area contributed by atoms with E-state index >= 15 is 0 Å². The third kappa shape index (κ3) is 3.01. The van der Waals surface area contributed by atoms with Crippen LogP contribution < -0.4 is 0 Å². The molecule has 0 atom stereocenters. The number of allylic oxidation sites excluding steroid dienone is 2. The second-order valence-electron chi connectivity index (χ2n) is 3.35. The van der Waals surface area contributed by atoms with E-state index in [1.165, 1.54) is 18.9 Å². The highest BCUT2D eigenvalue weighted by atomic mass is 16.1. The van der Waals surface area contributed by atoms with Crippen LogP contribution in [0.4, 0.5) is 0 Å². The summed E-state index contributed by atoms with van der Waals surface area (Å²) >= 11 is 0. The zero-order chi connectivity index (χ0) is 9.68. The van der Waals surface area contributed by atoms with Gasteiger partial charge in [0, 0.05) is 25.7 Å². The lowest BCUT2D eigenvalue weighted by Crippen LogP contribution is -2.31. The lowest BCUT2D eigenvalue weighted by Gasteiger charge is -2.25. The van der Waals surface area contributed by atoms with Gasteiger partial charge in [-0.05, 0) is 25.8 Å². The molecule has 1 rings (SSSR count). The van der Waals surface area contributed by atoms with Gasteiger partial charge in [-0.3, -0.25) is 4.79 Å². The lowest BCUT2D eigenvalue weighted by molar-refractivity contribution is -0.104. The molecule has 1 aliphatic heterocycles. The third-order valence-corrected chi connectivity index (χ3v) is 2.20. The van der Waals surface area contributed by atoms with Crippen LogP contribution in [0.2, 0.25) is 0 Å². The monoisotopic (exact) mass is 180 g/mol. The van der Waals surface area contributed by atoms with Gasteiger partial charge in [0.25, 0.3) is 0 Å². The number of nitrogens with zero attached hydrogens (tertiary/aromatic N) is 2. The second kappa shape index (κ2) is 4.80. The molecule has 0 spiro atoms. The lowest BCUT2D eigenvalue weighted by atomic mass is 10.1. The van der Waals surface area contributed by atoms with Crippen molar-refractivity contribution in [1.82, 2.24) is 4.90 Å². The molecule has 3 nitrogen and oxygen atoms in total. The summed E-state index contributed by atoms with van der Waals surface area (Å²) in [7, 11) is 2.05. The van der Waals surface area contributed by atoms with Crippen molar-refractivity contribution in [1.29, 1.82) is 0 Å². The van der Waals surface area contributed by atoms with Crippen molar-refractivity contribution in [3.63, 3.8) is 0 Å². The van der Waals surface area contributed by atoms with E-state index in [0.717, 1.165) is 30.8 Å². The Kier molecular flexibility index (Phi) is 3.68. The fourth-order valence-electron chi connectivity index (χ4n) is 1.43. The Labute approximate surface area is 79.1 Å². The predicted octanol–water partition coefficient (Wildman–Crippen LogP) is 1.60. The molecule has 1 saturated heterocycles. The number of piperidine rings is 1. The van der Waals surface area contributed by atoms with E-state index in [1.54, 1.807) is 0 Å². The fraction of sp³-hybridized carbons (Fsp3) is 0.600. The summed E-state index contributed by atoms with van der Waals surface area (Å²) in [6, 6.07) is 0. The van der Waals surface area contributed by atoms with Crippen LogP contribution in [0.25, 0.3) is 0 Å². The quantitative estimate of drug-likeness (QED) is 0.477. The molecule has 0 radical (unpaired) electrons. The highest BCUT2D eigenvalue weighted by Gasteiger charge is 2.11. The number of hydrogen-bond donors (Lipinski definition) is 0. The minimum Gasteiger partial charge on any atom is -0.363 e. The molecule has 1 heterocycles.